The fourth-order valence-electron chi connectivity index (χ4n) is 2.71. The summed E-state index contributed by atoms with van der Waals surface area (Å²) >= 11 is 1.59. The van der Waals surface area contributed by atoms with Gasteiger partial charge in [0.1, 0.15) is 0 Å². The zero-order valence-electron chi connectivity index (χ0n) is 10.8. The molecule has 0 bridgehead atoms. The molecule has 0 saturated heterocycles. The molecule has 1 fully saturated rings. The van der Waals surface area contributed by atoms with Crippen LogP contribution in [-0.4, -0.2) is 14.8 Å². The van der Waals surface area contributed by atoms with E-state index in [9.17, 15) is 0 Å². The molecule has 0 aromatic carbocycles. The molecule has 3 N–H and O–H groups in total. The van der Waals surface area contributed by atoms with Gasteiger partial charge in [-0.15, -0.1) is 11.3 Å². The van der Waals surface area contributed by atoms with Gasteiger partial charge in [-0.05, 0) is 18.9 Å². The second-order valence-corrected chi connectivity index (χ2v) is 5.78. The van der Waals surface area contributed by atoms with Crippen molar-refractivity contribution in [3.63, 3.8) is 0 Å². The molecule has 0 radical (unpaired) electrons. The van der Waals surface area contributed by atoms with Crippen molar-refractivity contribution in [3.05, 3.63) is 34.5 Å². The lowest BCUT2D eigenvalue weighted by Gasteiger charge is -2.12. The van der Waals surface area contributed by atoms with Crippen LogP contribution >= 0.6 is 11.3 Å². The Hall–Kier alpha value is -1.24. The van der Waals surface area contributed by atoms with Gasteiger partial charge in [0.25, 0.3) is 0 Å². The maximum Gasteiger partial charge on any atom is 0.0795 e. The van der Waals surface area contributed by atoms with Crippen LogP contribution in [0.25, 0.3) is 0 Å². The Balaban J connectivity index is 1.69. The minimum Gasteiger partial charge on any atom is -0.271 e. The van der Waals surface area contributed by atoms with E-state index in [1.807, 2.05) is 10.9 Å². The third-order valence-electron chi connectivity index (χ3n) is 3.79. The Kier molecular flexibility index (Phi) is 3.91. The maximum atomic E-state index is 5.62. The molecule has 1 aliphatic rings. The average molecular weight is 277 g/mol. The summed E-state index contributed by atoms with van der Waals surface area (Å²) in [5, 5.41) is 6.71. The van der Waals surface area contributed by atoms with Crippen molar-refractivity contribution in [1.29, 1.82) is 0 Å². The fourth-order valence-corrected chi connectivity index (χ4v) is 3.32. The molecular formula is C13H19N5S. The number of rotatable bonds is 5. The minimum absolute atomic E-state index is 0.0400. The molecule has 0 spiro atoms. The smallest absolute Gasteiger partial charge is 0.0795 e. The van der Waals surface area contributed by atoms with Gasteiger partial charge in [0.2, 0.25) is 0 Å². The number of hydrogen-bond donors (Lipinski definition) is 2. The van der Waals surface area contributed by atoms with E-state index in [-0.39, 0.29) is 6.04 Å². The first-order valence-electron chi connectivity index (χ1n) is 6.75. The Bertz CT molecular complexity index is 501. The summed E-state index contributed by atoms with van der Waals surface area (Å²) in [5.41, 5.74) is 6.72. The molecule has 0 aliphatic heterocycles. The first-order valence-corrected chi connectivity index (χ1v) is 7.69. The second kappa shape index (κ2) is 5.81. The minimum atomic E-state index is 0.0400. The molecular weight excluding hydrogens is 258 g/mol. The third-order valence-corrected chi connectivity index (χ3v) is 4.39. The van der Waals surface area contributed by atoms with E-state index in [1.54, 1.807) is 11.3 Å². The van der Waals surface area contributed by atoms with Crippen molar-refractivity contribution in [3.8, 4) is 0 Å². The van der Waals surface area contributed by atoms with Crippen LogP contribution < -0.4 is 11.3 Å². The highest BCUT2D eigenvalue weighted by Gasteiger charge is 2.19. The van der Waals surface area contributed by atoms with Crippen LogP contribution in [0.1, 0.15) is 49.2 Å². The van der Waals surface area contributed by atoms with Gasteiger partial charge < -0.3 is 0 Å². The van der Waals surface area contributed by atoms with Crippen LogP contribution in [0.5, 0.6) is 0 Å². The van der Waals surface area contributed by atoms with E-state index in [0.29, 0.717) is 6.04 Å². The molecule has 1 atom stereocenters. The van der Waals surface area contributed by atoms with Crippen molar-refractivity contribution in [2.75, 3.05) is 0 Å². The van der Waals surface area contributed by atoms with Crippen LogP contribution in [0, 0.1) is 0 Å². The molecule has 2 heterocycles. The molecule has 3 rings (SSSR count). The summed E-state index contributed by atoms with van der Waals surface area (Å²) < 4.78 is 2.12. The Morgan fingerprint density at radius 2 is 2.32 bits per heavy atom. The standard InChI is InChI=1S/C13H19N5S/c14-16-12(13-8-19-9-15-13)7-10-5-6-18(17-10)11-3-1-2-4-11/h5-6,8-9,11-12,16H,1-4,7,14H2. The average Bonchev–Trinajstić information content (AvgIpc) is 3.15. The van der Waals surface area contributed by atoms with Crippen LogP contribution in [0.4, 0.5) is 0 Å². The number of nitrogens with zero attached hydrogens (tertiary/aromatic N) is 3. The third kappa shape index (κ3) is 2.86. The van der Waals surface area contributed by atoms with E-state index < -0.39 is 0 Å². The van der Waals surface area contributed by atoms with Gasteiger partial charge in [0, 0.05) is 18.0 Å². The molecule has 6 heteroatoms. The number of nitrogens with two attached hydrogens (primary N) is 1. The predicted octanol–water partition coefficient (Wildman–Crippen LogP) is 2.20. The second-order valence-electron chi connectivity index (χ2n) is 5.06. The lowest BCUT2D eigenvalue weighted by atomic mass is 10.1. The first kappa shape index (κ1) is 12.8. The molecule has 2 aromatic rings. The van der Waals surface area contributed by atoms with Gasteiger partial charge in [-0.1, -0.05) is 12.8 Å². The monoisotopic (exact) mass is 277 g/mol. The summed E-state index contributed by atoms with van der Waals surface area (Å²) in [4.78, 5) is 4.31. The van der Waals surface area contributed by atoms with Gasteiger partial charge in [0.15, 0.2) is 0 Å². The highest BCUT2D eigenvalue weighted by atomic mass is 32.1. The maximum absolute atomic E-state index is 5.62. The van der Waals surface area contributed by atoms with E-state index in [0.717, 1.165) is 17.8 Å². The van der Waals surface area contributed by atoms with Gasteiger partial charge >= 0.3 is 0 Å². The van der Waals surface area contributed by atoms with Crippen LogP contribution in [0.3, 0.4) is 0 Å². The summed E-state index contributed by atoms with van der Waals surface area (Å²) in [6.45, 7) is 0. The molecule has 102 valence electrons. The van der Waals surface area contributed by atoms with Crippen LogP contribution in [0.2, 0.25) is 0 Å². The van der Waals surface area contributed by atoms with Crippen molar-refractivity contribution < 1.29 is 0 Å². The molecule has 0 amide bonds. The molecule has 2 aromatic heterocycles. The predicted molar refractivity (Wildman–Crippen MR) is 75.6 cm³/mol. The number of nitrogens with one attached hydrogen (secondary N) is 1. The van der Waals surface area contributed by atoms with Crippen molar-refractivity contribution in [2.45, 2.75) is 44.2 Å². The molecule has 1 aliphatic carbocycles. The molecule has 1 saturated carbocycles. The fraction of sp³-hybridized carbons (Fsp3) is 0.538. The summed E-state index contributed by atoms with van der Waals surface area (Å²) in [6.07, 6.45) is 8.04. The number of hydrogen-bond acceptors (Lipinski definition) is 5. The number of hydrazine groups is 1. The van der Waals surface area contributed by atoms with Gasteiger partial charge in [-0.2, -0.15) is 5.10 Å². The lowest BCUT2D eigenvalue weighted by molar-refractivity contribution is 0.456. The number of thiazole rings is 1. The van der Waals surface area contributed by atoms with E-state index in [4.69, 9.17) is 5.84 Å². The summed E-state index contributed by atoms with van der Waals surface area (Å²) in [6, 6.07) is 2.73. The zero-order chi connectivity index (χ0) is 13.1. The Morgan fingerprint density at radius 3 is 3.00 bits per heavy atom. The molecule has 19 heavy (non-hydrogen) atoms. The van der Waals surface area contributed by atoms with Gasteiger partial charge in [-0.3, -0.25) is 16.0 Å². The largest absolute Gasteiger partial charge is 0.271 e. The first-order chi connectivity index (χ1) is 9.36. The van der Waals surface area contributed by atoms with E-state index in [1.165, 1.54) is 25.7 Å². The SMILES string of the molecule is NNC(Cc1ccn(C2CCCC2)n1)c1cscn1. The zero-order valence-corrected chi connectivity index (χ0v) is 11.6. The number of aromatic nitrogens is 3. The van der Waals surface area contributed by atoms with Crippen molar-refractivity contribution in [1.82, 2.24) is 20.2 Å². The topological polar surface area (TPSA) is 68.8 Å². The normalized spacial score (nSPS) is 17.9. The van der Waals surface area contributed by atoms with Crippen LogP contribution in [-0.2, 0) is 6.42 Å². The van der Waals surface area contributed by atoms with Gasteiger partial charge in [0.05, 0.1) is 29.0 Å². The quantitative estimate of drug-likeness (QED) is 0.649. The molecule has 1 unspecified atom stereocenters. The van der Waals surface area contributed by atoms with E-state index in [2.05, 4.69) is 32.5 Å². The molecule has 5 nitrogen and oxygen atoms in total. The van der Waals surface area contributed by atoms with Crippen LogP contribution in [0.15, 0.2) is 23.2 Å². The summed E-state index contributed by atoms with van der Waals surface area (Å²) in [5.74, 6) is 5.62. The highest BCUT2D eigenvalue weighted by molar-refractivity contribution is 7.07. The van der Waals surface area contributed by atoms with Crippen molar-refractivity contribution in [2.24, 2.45) is 5.84 Å². The van der Waals surface area contributed by atoms with Crippen molar-refractivity contribution >= 4 is 11.3 Å². The lowest BCUT2D eigenvalue weighted by Crippen LogP contribution is -2.30. The van der Waals surface area contributed by atoms with Gasteiger partial charge in [-0.25, -0.2) is 4.98 Å². The highest BCUT2D eigenvalue weighted by Crippen LogP contribution is 2.29. The Morgan fingerprint density at radius 1 is 1.47 bits per heavy atom. The summed E-state index contributed by atoms with van der Waals surface area (Å²) in [7, 11) is 0. The van der Waals surface area contributed by atoms with E-state index >= 15 is 0 Å². The Labute approximate surface area is 116 Å².